The summed E-state index contributed by atoms with van der Waals surface area (Å²) in [6.45, 7) is 2.10. The molecule has 0 radical (unpaired) electrons. The summed E-state index contributed by atoms with van der Waals surface area (Å²) >= 11 is 0. The lowest BCUT2D eigenvalue weighted by Gasteiger charge is -2.20. The third kappa shape index (κ3) is 3.80. The maximum atomic E-state index is 12.7. The van der Waals surface area contributed by atoms with E-state index in [0.29, 0.717) is 30.4 Å². The number of nitrogens with one attached hydrogen (secondary N) is 1. The minimum Gasteiger partial charge on any atom is -0.496 e. The number of methoxy groups -OCH3 is 1. The van der Waals surface area contributed by atoms with Gasteiger partial charge in [0.2, 0.25) is 11.8 Å². The molecule has 3 N–H and O–H groups in total. The van der Waals surface area contributed by atoms with E-state index in [9.17, 15) is 4.79 Å². The second kappa shape index (κ2) is 7.62. The van der Waals surface area contributed by atoms with Gasteiger partial charge in [-0.3, -0.25) is 4.79 Å². The normalized spacial score (nSPS) is 21.1. The number of carbonyl (C=O) groups is 1. The molecule has 1 aliphatic rings. The van der Waals surface area contributed by atoms with E-state index in [0.717, 1.165) is 12.0 Å². The Hall–Kier alpha value is -2.45. The molecule has 8 nitrogen and oxygen atoms in total. The molecule has 0 saturated carbocycles. The van der Waals surface area contributed by atoms with Gasteiger partial charge >= 0.3 is 0 Å². The molecule has 3 rings (SSSR count). The van der Waals surface area contributed by atoms with Crippen LogP contribution in [0.15, 0.2) is 28.8 Å². The topological polar surface area (TPSA) is 112 Å². The maximum absolute atomic E-state index is 12.7. The number of ether oxygens (including phenoxy) is 2. The highest BCUT2D eigenvalue weighted by Crippen LogP contribution is 2.29. The second-order valence-electron chi connectivity index (χ2n) is 5.91. The summed E-state index contributed by atoms with van der Waals surface area (Å²) in [7, 11) is 1.57. The highest BCUT2D eigenvalue weighted by molar-refractivity contribution is 5.82. The van der Waals surface area contributed by atoms with Gasteiger partial charge in [-0.05, 0) is 18.9 Å². The summed E-state index contributed by atoms with van der Waals surface area (Å²) in [6.07, 6.45) is 0.805. The summed E-state index contributed by atoms with van der Waals surface area (Å²) in [5, 5.41) is 6.92. The Balaban J connectivity index is 1.86. The molecule has 1 fully saturated rings. The lowest BCUT2D eigenvalue weighted by atomic mass is 10.0. The van der Waals surface area contributed by atoms with Gasteiger partial charge in [0.05, 0.1) is 13.2 Å². The van der Waals surface area contributed by atoms with Crippen LogP contribution in [-0.4, -0.2) is 41.9 Å². The lowest BCUT2D eigenvalue weighted by Crippen LogP contribution is -2.38. The first-order valence-corrected chi connectivity index (χ1v) is 8.21. The van der Waals surface area contributed by atoms with Gasteiger partial charge in [0.15, 0.2) is 5.82 Å². The van der Waals surface area contributed by atoms with Crippen LogP contribution >= 0.6 is 0 Å². The summed E-state index contributed by atoms with van der Waals surface area (Å²) in [6, 6.07) is 6.79. The molecule has 1 aromatic heterocycles. The first kappa shape index (κ1) is 17.4. The molecule has 1 unspecified atom stereocenters. The lowest BCUT2D eigenvalue weighted by molar-refractivity contribution is -0.132. The summed E-state index contributed by atoms with van der Waals surface area (Å²) in [5.41, 5.74) is 6.36. The third-order valence-corrected chi connectivity index (χ3v) is 4.20. The summed E-state index contributed by atoms with van der Waals surface area (Å²) in [4.78, 5) is 16.9. The zero-order valence-electron chi connectivity index (χ0n) is 14.3. The Labute approximate surface area is 145 Å². The van der Waals surface area contributed by atoms with E-state index in [4.69, 9.17) is 19.7 Å². The molecule has 0 spiro atoms. The number of hydrogen-bond donors (Lipinski definition) is 2. The van der Waals surface area contributed by atoms with Crippen molar-refractivity contribution in [2.45, 2.75) is 38.0 Å². The van der Waals surface area contributed by atoms with Gasteiger partial charge in [0.1, 0.15) is 17.9 Å². The molecular weight excluding hydrogens is 324 g/mol. The molecule has 1 aromatic carbocycles. The number of para-hydroxylation sites is 1. The quantitative estimate of drug-likeness (QED) is 0.805. The number of nitrogens with zero attached hydrogens (tertiary/aromatic N) is 2. The number of nitrogens with two attached hydrogens (primary N) is 1. The molecule has 2 heterocycles. The van der Waals surface area contributed by atoms with Crippen LogP contribution in [0.1, 0.15) is 36.2 Å². The second-order valence-corrected chi connectivity index (χ2v) is 5.91. The number of hydrogen-bond acceptors (Lipinski definition) is 7. The van der Waals surface area contributed by atoms with Crippen LogP contribution in [0.4, 0.5) is 0 Å². The van der Waals surface area contributed by atoms with Crippen molar-refractivity contribution in [1.29, 1.82) is 0 Å². The Morgan fingerprint density at radius 1 is 1.44 bits per heavy atom. The fraction of sp³-hybridized carbons (Fsp3) is 0.471. The Morgan fingerprint density at radius 3 is 2.88 bits per heavy atom. The maximum Gasteiger partial charge on any atom is 0.250 e. The molecule has 25 heavy (non-hydrogen) atoms. The zero-order chi connectivity index (χ0) is 17.8. The van der Waals surface area contributed by atoms with E-state index in [2.05, 4.69) is 15.5 Å². The fourth-order valence-corrected chi connectivity index (χ4v) is 2.93. The van der Waals surface area contributed by atoms with Crippen molar-refractivity contribution in [2.24, 2.45) is 5.73 Å². The standard InChI is InChI=1S/C17H22N4O4/c1-10-19-16(21-25-10)15(12-5-3-4-6-13(12)23-2)20-17(22)14-8-7-11(9-18)24-14/h3-6,11,14-15H,7-9,18H2,1-2H3,(H,20,22)/t11-,14+,15?/m1/s1. The van der Waals surface area contributed by atoms with E-state index < -0.39 is 12.1 Å². The Morgan fingerprint density at radius 2 is 2.24 bits per heavy atom. The van der Waals surface area contributed by atoms with Crippen LogP contribution in [0.3, 0.4) is 0 Å². The fourth-order valence-electron chi connectivity index (χ4n) is 2.93. The zero-order valence-corrected chi connectivity index (χ0v) is 14.3. The molecule has 1 amide bonds. The number of benzene rings is 1. The van der Waals surface area contributed by atoms with Crippen molar-refractivity contribution in [1.82, 2.24) is 15.5 Å². The van der Waals surface area contributed by atoms with Gasteiger partial charge in [-0.2, -0.15) is 4.98 Å². The van der Waals surface area contributed by atoms with E-state index >= 15 is 0 Å². The van der Waals surface area contributed by atoms with Crippen molar-refractivity contribution in [3.8, 4) is 5.75 Å². The van der Waals surface area contributed by atoms with Crippen LogP contribution in [-0.2, 0) is 9.53 Å². The van der Waals surface area contributed by atoms with E-state index in [1.807, 2.05) is 24.3 Å². The third-order valence-electron chi connectivity index (χ3n) is 4.20. The summed E-state index contributed by atoms with van der Waals surface area (Å²) < 4.78 is 16.2. The highest BCUT2D eigenvalue weighted by atomic mass is 16.5. The van der Waals surface area contributed by atoms with Crippen molar-refractivity contribution in [3.63, 3.8) is 0 Å². The van der Waals surface area contributed by atoms with E-state index in [1.165, 1.54) is 0 Å². The van der Waals surface area contributed by atoms with Gasteiger partial charge in [-0.15, -0.1) is 0 Å². The molecule has 134 valence electrons. The number of amides is 1. The predicted octanol–water partition coefficient (Wildman–Crippen LogP) is 1.10. The van der Waals surface area contributed by atoms with Crippen molar-refractivity contribution >= 4 is 5.91 Å². The minimum atomic E-state index is -0.596. The van der Waals surface area contributed by atoms with Crippen LogP contribution in [0.25, 0.3) is 0 Å². The van der Waals surface area contributed by atoms with Crippen LogP contribution < -0.4 is 15.8 Å². The van der Waals surface area contributed by atoms with Gasteiger partial charge in [0, 0.05) is 19.0 Å². The number of aryl methyl sites for hydroxylation is 1. The molecule has 1 aliphatic heterocycles. The van der Waals surface area contributed by atoms with E-state index in [-0.39, 0.29) is 12.0 Å². The monoisotopic (exact) mass is 346 g/mol. The molecule has 3 atom stereocenters. The molecule has 2 aromatic rings. The average Bonchev–Trinajstić information content (AvgIpc) is 3.28. The van der Waals surface area contributed by atoms with Crippen molar-refractivity contribution in [3.05, 3.63) is 41.5 Å². The van der Waals surface area contributed by atoms with Gasteiger partial charge in [-0.25, -0.2) is 0 Å². The van der Waals surface area contributed by atoms with Crippen LogP contribution in [0.2, 0.25) is 0 Å². The largest absolute Gasteiger partial charge is 0.496 e. The van der Waals surface area contributed by atoms with Crippen molar-refractivity contribution < 1.29 is 18.8 Å². The molecule has 0 aliphatic carbocycles. The molecule has 0 bridgehead atoms. The van der Waals surface area contributed by atoms with Gasteiger partial charge in [-0.1, -0.05) is 23.4 Å². The number of rotatable bonds is 6. The molecule has 8 heteroatoms. The SMILES string of the molecule is COc1ccccc1C(NC(=O)[C@@H]1CC[C@H](CN)O1)c1noc(C)n1. The summed E-state index contributed by atoms with van der Waals surface area (Å²) in [5.74, 6) is 1.19. The Bertz CT molecular complexity index is 733. The first-order chi connectivity index (χ1) is 12.1. The minimum absolute atomic E-state index is 0.0760. The molecular formula is C17H22N4O4. The van der Waals surface area contributed by atoms with Crippen molar-refractivity contribution in [2.75, 3.05) is 13.7 Å². The molecule has 1 saturated heterocycles. The number of aromatic nitrogens is 2. The smallest absolute Gasteiger partial charge is 0.250 e. The van der Waals surface area contributed by atoms with Crippen LogP contribution in [0.5, 0.6) is 5.75 Å². The average molecular weight is 346 g/mol. The van der Waals surface area contributed by atoms with Crippen LogP contribution in [0, 0.1) is 6.92 Å². The first-order valence-electron chi connectivity index (χ1n) is 8.21. The van der Waals surface area contributed by atoms with E-state index in [1.54, 1.807) is 14.0 Å². The van der Waals surface area contributed by atoms with Gasteiger partial charge < -0.3 is 25.0 Å². The highest BCUT2D eigenvalue weighted by Gasteiger charge is 2.33. The predicted molar refractivity (Wildman–Crippen MR) is 89.0 cm³/mol. The Kier molecular flexibility index (Phi) is 5.30. The van der Waals surface area contributed by atoms with Gasteiger partial charge in [0.25, 0.3) is 0 Å². The number of carbonyl (C=O) groups excluding carboxylic acids is 1.